The minimum absolute atomic E-state index is 0.108. The number of methoxy groups -OCH3 is 1. The number of carbonyl (C=O) groups is 1. The molecular formula is C20H20N2O3S. The average Bonchev–Trinajstić information content (AvgIpc) is 3.10. The van der Waals surface area contributed by atoms with Crippen LogP contribution in [0, 0.1) is 0 Å². The molecule has 0 aliphatic rings. The van der Waals surface area contributed by atoms with Gasteiger partial charge in [-0.25, -0.2) is 4.98 Å². The molecule has 1 atom stereocenters. The van der Waals surface area contributed by atoms with Crippen LogP contribution in [0.25, 0.3) is 10.4 Å². The lowest BCUT2D eigenvalue weighted by Gasteiger charge is -2.09. The molecular weight excluding hydrogens is 348 g/mol. The second kappa shape index (κ2) is 8.01. The largest absolute Gasteiger partial charge is 0.497 e. The maximum atomic E-state index is 11.1. The topological polar surface area (TPSA) is 74.4 Å². The van der Waals surface area contributed by atoms with E-state index in [1.165, 1.54) is 11.3 Å². The van der Waals surface area contributed by atoms with E-state index in [-0.39, 0.29) is 11.8 Å². The Hall–Kier alpha value is -2.86. The Bertz CT molecular complexity index is 873. The van der Waals surface area contributed by atoms with Crippen molar-refractivity contribution in [1.29, 1.82) is 0 Å². The van der Waals surface area contributed by atoms with Gasteiger partial charge in [0.1, 0.15) is 11.5 Å². The van der Waals surface area contributed by atoms with Crippen molar-refractivity contribution in [3.63, 3.8) is 0 Å². The third kappa shape index (κ3) is 4.40. The van der Waals surface area contributed by atoms with Crippen molar-refractivity contribution >= 4 is 17.2 Å². The lowest BCUT2D eigenvalue weighted by molar-refractivity contribution is -0.118. The van der Waals surface area contributed by atoms with Crippen LogP contribution in [-0.2, 0) is 4.79 Å². The highest BCUT2D eigenvalue weighted by molar-refractivity contribution is 7.16. The number of hydrogen-bond acceptors (Lipinski definition) is 5. The molecule has 1 amide bonds. The molecule has 5 nitrogen and oxygen atoms in total. The van der Waals surface area contributed by atoms with E-state index >= 15 is 0 Å². The molecule has 0 aliphatic heterocycles. The minimum Gasteiger partial charge on any atom is -0.497 e. The van der Waals surface area contributed by atoms with Crippen LogP contribution in [0.4, 0.5) is 0 Å². The Morgan fingerprint density at radius 1 is 1.12 bits per heavy atom. The predicted molar refractivity (Wildman–Crippen MR) is 103 cm³/mol. The fourth-order valence-corrected chi connectivity index (χ4v) is 3.37. The Morgan fingerprint density at radius 3 is 2.38 bits per heavy atom. The van der Waals surface area contributed by atoms with E-state index in [0.717, 1.165) is 21.8 Å². The Balaban J connectivity index is 1.69. The van der Waals surface area contributed by atoms with Crippen LogP contribution in [0.15, 0.2) is 54.7 Å². The third-order valence-corrected chi connectivity index (χ3v) is 4.95. The summed E-state index contributed by atoms with van der Waals surface area (Å²) >= 11 is 1.48. The van der Waals surface area contributed by atoms with Gasteiger partial charge in [-0.3, -0.25) is 4.79 Å². The number of nitrogens with two attached hydrogens (primary N) is 1. The number of thiazole rings is 1. The normalized spacial score (nSPS) is 11.8. The lowest BCUT2D eigenvalue weighted by atomic mass is 9.96. The highest BCUT2D eigenvalue weighted by Crippen LogP contribution is 2.34. The van der Waals surface area contributed by atoms with E-state index in [2.05, 4.69) is 4.98 Å². The van der Waals surface area contributed by atoms with Crippen LogP contribution >= 0.6 is 11.3 Å². The lowest BCUT2D eigenvalue weighted by Crippen LogP contribution is -2.13. The molecule has 1 unspecified atom stereocenters. The van der Waals surface area contributed by atoms with Crippen molar-refractivity contribution in [3.05, 3.63) is 60.3 Å². The molecule has 26 heavy (non-hydrogen) atoms. The summed E-state index contributed by atoms with van der Waals surface area (Å²) in [5.74, 6) is 1.31. The zero-order chi connectivity index (χ0) is 18.5. The van der Waals surface area contributed by atoms with Gasteiger partial charge in [0, 0.05) is 12.6 Å². The first-order valence-electron chi connectivity index (χ1n) is 8.21. The van der Waals surface area contributed by atoms with Crippen LogP contribution < -0.4 is 15.2 Å². The third-order valence-electron chi connectivity index (χ3n) is 4.02. The number of ether oxygens (including phenoxy) is 2. The van der Waals surface area contributed by atoms with Gasteiger partial charge in [0.05, 0.1) is 12.0 Å². The van der Waals surface area contributed by atoms with E-state index in [0.29, 0.717) is 17.4 Å². The molecule has 2 aromatic carbocycles. The molecule has 0 saturated heterocycles. The summed E-state index contributed by atoms with van der Waals surface area (Å²) < 4.78 is 10.9. The number of nitrogens with zero attached hydrogens (tertiary/aromatic N) is 1. The Morgan fingerprint density at radius 2 is 1.77 bits per heavy atom. The van der Waals surface area contributed by atoms with Gasteiger partial charge >= 0.3 is 0 Å². The van der Waals surface area contributed by atoms with Crippen LogP contribution in [0.2, 0.25) is 0 Å². The molecule has 1 heterocycles. The fourth-order valence-electron chi connectivity index (χ4n) is 2.58. The summed E-state index contributed by atoms with van der Waals surface area (Å²) in [5.41, 5.74) is 7.41. The summed E-state index contributed by atoms with van der Waals surface area (Å²) in [6.45, 7) is 1.99. The molecule has 0 fully saturated rings. The Labute approximate surface area is 156 Å². The van der Waals surface area contributed by atoms with Gasteiger partial charge in [0.25, 0.3) is 5.19 Å². The van der Waals surface area contributed by atoms with Crippen LogP contribution in [-0.4, -0.2) is 18.0 Å². The number of carbonyl (C=O) groups excluding carboxylic acids is 1. The smallest absolute Gasteiger partial charge is 0.279 e. The van der Waals surface area contributed by atoms with Crippen molar-refractivity contribution < 1.29 is 14.3 Å². The van der Waals surface area contributed by atoms with Crippen molar-refractivity contribution in [3.8, 4) is 27.1 Å². The van der Waals surface area contributed by atoms with Gasteiger partial charge in [0.2, 0.25) is 5.91 Å². The van der Waals surface area contributed by atoms with Gasteiger partial charge in [-0.2, -0.15) is 0 Å². The van der Waals surface area contributed by atoms with Crippen LogP contribution in [0.3, 0.4) is 0 Å². The molecule has 3 aromatic rings. The van der Waals surface area contributed by atoms with E-state index in [1.54, 1.807) is 13.3 Å². The molecule has 6 heteroatoms. The first kappa shape index (κ1) is 17.9. The summed E-state index contributed by atoms with van der Waals surface area (Å²) in [6, 6.07) is 15.5. The van der Waals surface area contributed by atoms with Crippen molar-refractivity contribution in [2.75, 3.05) is 7.11 Å². The number of aromatic nitrogens is 1. The van der Waals surface area contributed by atoms with Crippen molar-refractivity contribution in [2.45, 2.75) is 19.3 Å². The van der Waals surface area contributed by atoms with Gasteiger partial charge in [0.15, 0.2) is 0 Å². The minimum atomic E-state index is -0.288. The predicted octanol–water partition coefficient (Wildman–Crippen LogP) is 4.59. The Kier molecular flexibility index (Phi) is 5.53. The van der Waals surface area contributed by atoms with Gasteiger partial charge in [-0.15, -0.1) is 0 Å². The zero-order valence-electron chi connectivity index (χ0n) is 14.6. The number of amides is 1. The van der Waals surface area contributed by atoms with E-state index in [1.807, 2.05) is 55.5 Å². The van der Waals surface area contributed by atoms with E-state index in [9.17, 15) is 4.79 Å². The molecule has 1 aromatic heterocycles. The number of hydrogen-bond donors (Lipinski definition) is 1. The quantitative estimate of drug-likeness (QED) is 0.662. The summed E-state index contributed by atoms with van der Waals surface area (Å²) in [6.07, 6.45) is 2.14. The van der Waals surface area contributed by atoms with Gasteiger partial charge in [-0.05, 0) is 41.3 Å². The van der Waals surface area contributed by atoms with E-state index < -0.39 is 0 Å². The van der Waals surface area contributed by atoms with Crippen molar-refractivity contribution in [2.24, 2.45) is 5.73 Å². The molecule has 0 saturated carbocycles. The molecule has 0 spiro atoms. The molecule has 0 bridgehead atoms. The highest BCUT2D eigenvalue weighted by Gasteiger charge is 2.11. The highest BCUT2D eigenvalue weighted by atomic mass is 32.1. The van der Waals surface area contributed by atoms with Crippen LogP contribution in [0.1, 0.15) is 24.8 Å². The maximum absolute atomic E-state index is 11.1. The molecule has 2 N–H and O–H groups in total. The summed E-state index contributed by atoms with van der Waals surface area (Å²) in [7, 11) is 1.63. The van der Waals surface area contributed by atoms with Crippen molar-refractivity contribution in [1.82, 2.24) is 4.98 Å². The average molecular weight is 368 g/mol. The number of primary amides is 1. The maximum Gasteiger partial charge on any atom is 0.279 e. The second-order valence-corrected chi connectivity index (χ2v) is 6.95. The molecule has 3 rings (SSSR count). The van der Waals surface area contributed by atoms with Crippen LogP contribution in [0.5, 0.6) is 16.7 Å². The van der Waals surface area contributed by atoms with E-state index in [4.69, 9.17) is 15.2 Å². The fraction of sp³-hybridized carbons (Fsp3) is 0.200. The van der Waals surface area contributed by atoms with Gasteiger partial charge < -0.3 is 15.2 Å². The number of rotatable bonds is 7. The number of benzene rings is 2. The monoisotopic (exact) mass is 368 g/mol. The molecule has 134 valence electrons. The zero-order valence-corrected chi connectivity index (χ0v) is 15.5. The summed E-state index contributed by atoms with van der Waals surface area (Å²) in [4.78, 5) is 16.4. The summed E-state index contributed by atoms with van der Waals surface area (Å²) in [5, 5.41) is 0.580. The standard InChI is InChI=1S/C20H20N2O3S/c1-13(11-19(21)23)14-3-5-15(6-4-14)18-12-22-20(26-18)25-17-9-7-16(24-2)8-10-17/h3-10,12-13H,11H2,1-2H3,(H2,21,23). The SMILES string of the molecule is COc1ccc(Oc2ncc(-c3ccc(C(C)CC(N)=O)cc3)s2)cc1. The molecule has 0 radical (unpaired) electrons. The first-order valence-corrected chi connectivity index (χ1v) is 9.03. The second-order valence-electron chi connectivity index (χ2n) is 5.96. The first-order chi connectivity index (χ1) is 12.5. The van der Waals surface area contributed by atoms with Gasteiger partial charge in [-0.1, -0.05) is 42.5 Å². The molecule has 0 aliphatic carbocycles.